The number of ether oxygens (including phenoxy) is 1. The molecule has 0 aliphatic rings. The van der Waals surface area contributed by atoms with Gasteiger partial charge in [-0.15, -0.1) is 0 Å². The van der Waals surface area contributed by atoms with Crippen LogP contribution >= 0.6 is 11.8 Å². The van der Waals surface area contributed by atoms with Gasteiger partial charge in [-0.3, -0.25) is 10.1 Å². The van der Waals surface area contributed by atoms with E-state index in [9.17, 15) is 19.7 Å². The number of carbonyl (C=O) groups is 1. The van der Waals surface area contributed by atoms with E-state index in [1.807, 2.05) is 0 Å². The maximum Gasteiger partial charge on any atom is 0.379 e. The maximum atomic E-state index is 12.2. The number of nitro groups is 1. The van der Waals surface area contributed by atoms with Crippen LogP contribution in [0.25, 0.3) is 0 Å². The minimum absolute atomic E-state index is 0.0119. The predicted molar refractivity (Wildman–Crippen MR) is 90.6 cm³/mol. The standard InChI is InChI=1S/C17H11NO7S/c1-10-9-14(25-16(19)13-3-2-8-23-13)15(17(20)24-10)26-12-6-4-11(5-7-12)18(21)22/h2-9H,1H3. The Morgan fingerprint density at radius 2 is 1.96 bits per heavy atom. The van der Waals surface area contributed by atoms with Crippen molar-refractivity contribution in [2.75, 3.05) is 0 Å². The second-order valence-electron chi connectivity index (χ2n) is 5.06. The number of furan rings is 1. The Morgan fingerprint density at radius 3 is 2.58 bits per heavy atom. The van der Waals surface area contributed by atoms with Gasteiger partial charge in [-0.25, -0.2) is 9.59 Å². The van der Waals surface area contributed by atoms with Crippen molar-refractivity contribution in [3.8, 4) is 5.75 Å². The van der Waals surface area contributed by atoms with Gasteiger partial charge in [-0.05, 0) is 31.2 Å². The monoisotopic (exact) mass is 373 g/mol. The largest absolute Gasteiger partial charge is 0.457 e. The molecular formula is C17H11NO7S. The number of non-ortho nitro benzene ring substituents is 1. The summed E-state index contributed by atoms with van der Waals surface area (Å²) in [5.74, 6) is -0.485. The molecule has 0 saturated carbocycles. The van der Waals surface area contributed by atoms with E-state index in [-0.39, 0.29) is 27.9 Å². The Bertz CT molecular complexity index is 1010. The van der Waals surface area contributed by atoms with Crippen molar-refractivity contribution >= 4 is 23.4 Å². The van der Waals surface area contributed by atoms with E-state index < -0.39 is 16.5 Å². The Morgan fingerprint density at radius 1 is 1.23 bits per heavy atom. The molecule has 8 nitrogen and oxygen atoms in total. The number of nitrogens with zero attached hydrogens (tertiary/aromatic N) is 1. The fourth-order valence-electron chi connectivity index (χ4n) is 2.04. The first-order valence-electron chi connectivity index (χ1n) is 7.27. The summed E-state index contributed by atoms with van der Waals surface area (Å²) in [6, 6.07) is 9.98. The first kappa shape index (κ1) is 17.5. The molecule has 0 radical (unpaired) electrons. The number of nitro benzene ring substituents is 1. The van der Waals surface area contributed by atoms with Crippen molar-refractivity contribution in [2.45, 2.75) is 16.7 Å². The molecule has 3 aromatic rings. The van der Waals surface area contributed by atoms with Crippen molar-refractivity contribution < 1.29 is 23.3 Å². The molecule has 3 rings (SSSR count). The first-order valence-corrected chi connectivity index (χ1v) is 8.08. The average molecular weight is 373 g/mol. The van der Waals surface area contributed by atoms with E-state index in [0.717, 1.165) is 11.8 Å². The predicted octanol–water partition coefficient (Wildman–Crippen LogP) is 3.82. The van der Waals surface area contributed by atoms with Gasteiger partial charge in [-0.2, -0.15) is 0 Å². The molecule has 0 N–H and O–H groups in total. The number of aryl methyl sites for hydroxylation is 1. The van der Waals surface area contributed by atoms with E-state index in [0.29, 0.717) is 4.90 Å². The molecule has 0 saturated heterocycles. The minimum atomic E-state index is -0.759. The van der Waals surface area contributed by atoms with Gasteiger partial charge in [0.2, 0.25) is 5.76 Å². The lowest BCUT2D eigenvalue weighted by molar-refractivity contribution is -0.384. The zero-order valence-electron chi connectivity index (χ0n) is 13.3. The van der Waals surface area contributed by atoms with Gasteiger partial charge in [-0.1, -0.05) is 11.8 Å². The Kier molecular flexibility index (Phi) is 4.90. The van der Waals surface area contributed by atoms with E-state index in [1.165, 1.54) is 48.7 Å². The second-order valence-corrected chi connectivity index (χ2v) is 6.14. The Labute approximate surface area is 150 Å². The van der Waals surface area contributed by atoms with Crippen LogP contribution in [0.15, 0.2) is 72.1 Å². The lowest BCUT2D eigenvalue weighted by atomic mass is 10.3. The summed E-state index contributed by atoms with van der Waals surface area (Å²) in [6.45, 7) is 1.55. The lowest BCUT2D eigenvalue weighted by Crippen LogP contribution is -2.12. The number of benzene rings is 1. The van der Waals surface area contributed by atoms with Gasteiger partial charge >= 0.3 is 11.6 Å². The zero-order chi connectivity index (χ0) is 18.7. The normalized spacial score (nSPS) is 10.5. The van der Waals surface area contributed by atoms with Crippen molar-refractivity contribution in [3.63, 3.8) is 0 Å². The summed E-state index contributed by atoms with van der Waals surface area (Å²) >= 11 is 0.973. The highest BCUT2D eigenvalue weighted by molar-refractivity contribution is 7.99. The first-order chi connectivity index (χ1) is 12.4. The number of esters is 1. The molecule has 0 bridgehead atoms. The molecule has 0 unspecified atom stereocenters. The van der Waals surface area contributed by atoms with Crippen molar-refractivity contribution in [3.05, 3.63) is 80.8 Å². The third kappa shape index (κ3) is 3.83. The molecule has 2 aromatic heterocycles. The number of hydrogen-bond donors (Lipinski definition) is 0. The Hall–Kier alpha value is -3.33. The molecule has 9 heteroatoms. The van der Waals surface area contributed by atoms with Crippen molar-refractivity contribution in [2.24, 2.45) is 0 Å². The van der Waals surface area contributed by atoms with Crippen LogP contribution < -0.4 is 10.4 Å². The molecule has 0 fully saturated rings. The number of hydrogen-bond acceptors (Lipinski definition) is 8. The number of carbonyl (C=O) groups excluding carboxylic acids is 1. The van der Waals surface area contributed by atoms with Gasteiger partial charge < -0.3 is 13.6 Å². The van der Waals surface area contributed by atoms with Crippen LogP contribution in [0.4, 0.5) is 5.69 Å². The minimum Gasteiger partial charge on any atom is -0.457 e. The van der Waals surface area contributed by atoms with Crippen LogP contribution in [0.3, 0.4) is 0 Å². The summed E-state index contributed by atoms with van der Waals surface area (Å²) in [6.07, 6.45) is 1.33. The molecule has 0 amide bonds. The molecule has 2 heterocycles. The molecular weight excluding hydrogens is 362 g/mol. The highest BCUT2D eigenvalue weighted by Gasteiger charge is 2.19. The SMILES string of the molecule is Cc1cc(OC(=O)c2ccco2)c(Sc2ccc([N+](=O)[O-])cc2)c(=O)o1. The van der Waals surface area contributed by atoms with E-state index in [4.69, 9.17) is 13.6 Å². The summed E-state index contributed by atoms with van der Waals surface area (Å²) in [5.41, 5.74) is -0.759. The van der Waals surface area contributed by atoms with E-state index in [1.54, 1.807) is 6.92 Å². The van der Waals surface area contributed by atoms with Crippen LogP contribution in [0.1, 0.15) is 16.3 Å². The van der Waals surface area contributed by atoms with Gasteiger partial charge in [0.05, 0.1) is 11.2 Å². The van der Waals surface area contributed by atoms with Crippen LogP contribution in [0.2, 0.25) is 0 Å². The maximum absolute atomic E-state index is 12.2. The summed E-state index contributed by atoms with van der Waals surface area (Å²) in [5, 5.41) is 10.7. The summed E-state index contributed by atoms with van der Waals surface area (Å²) < 4.78 is 15.3. The van der Waals surface area contributed by atoms with Gasteiger partial charge in [0.15, 0.2) is 5.75 Å². The zero-order valence-corrected chi connectivity index (χ0v) is 14.1. The van der Waals surface area contributed by atoms with E-state index in [2.05, 4.69) is 0 Å². The van der Waals surface area contributed by atoms with Gasteiger partial charge in [0.1, 0.15) is 10.7 Å². The van der Waals surface area contributed by atoms with Gasteiger partial charge in [0, 0.05) is 23.1 Å². The highest BCUT2D eigenvalue weighted by atomic mass is 32.2. The van der Waals surface area contributed by atoms with E-state index >= 15 is 0 Å². The number of rotatable bonds is 5. The highest BCUT2D eigenvalue weighted by Crippen LogP contribution is 2.34. The third-order valence-corrected chi connectivity index (χ3v) is 4.27. The topological polar surface area (TPSA) is 113 Å². The molecule has 0 atom stereocenters. The summed E-state index contributed by atoms with van der Waals surface area (Å²) in [4.78, 5) is 35.1. The van der Waals surface area contributed by atoms with Crippen LogP contribution in [-0.4, -0.2) is 10.9 Å². The molecule has 132 valence electrons. The van der Waals surface area contributed by atoms with Crippen LogP contribution in [0, 0.1) is 17.0 Å². The smallest absolute Gasteiger partial charge is 0.379 e. The third-order valence-electron chi connectivity index (χ3n) is 3.19. The molecule has 26 heavy (non-hydrogen) atoms. The van der Waals surface area contributed by atoms with Crippen molar-refractivity contribution in [1.29, 1.82) is 0 Å². The Balaban J connectivity index is 1.92. The van der Waals surface area contributed by atoms with Crippen LogP contribution in [-0.2, 0) is 0 Å². The molecule has 0 spiro atoms. The average Bonchev–Trinajstić information content (AvgIpc) is 3.13. The molecule has 1 aromatic carbocycles. The second kappa shape index (κ2) is 7.28. The van der Waals surface area contributed by atoms with Crippen LogP contribution in [0.5, 0.6) is 5.75 Å². The van der Waals surface area contributed by atoms with Gasteiger partial charge in [0.25, 0.3) is 5.69 Å². The molecule has 0 aliphatic heterocycles. The van der Waals surface area contributed by atoms with Crippen molar-refractivity contribution in [1.82, 2.24) is 0 Å². The fraction of sp³-hybridized carbons (Fsp3) is 0.0588. The fourth-order valence-corrected chi connectivity index (χ4v) is 2.87. The quantitative estimate of drug-likeness (QED) is 0.377. The lowest BCUT2D eigenvalue weighted by Gasteiger charge is -2.08. The summed E-state index contributed by atoms with van der Waals surface area (Å²) in [7, 11) is 0. The molecule has 0 aliphatic carbocycles.